The molecule has 0 amide bonds. The van der Waals surface area contributed by atoms with E-state index >= 15 is 0 Å². The third kappa shape index (κ3) is 2.04. The smallest absolute Gasteiger partial charge is 0.335 e. The monoisotopic (exact) mass is 194 g/mol. The quantitative estimate of drug-likeness (QED) is 0.543. The zero-order valence-electron chi connectivity index (χ0n) is 6.03. The molecule has 0 aromatic rings. The first-order chi connectivity index (χ1) is 5.25. The van der Waals surface area contributed by atoms with Crippen LogP contribution in [0, 0.1) is 0 Å². The summed E-state index contributed by atoms with van der Waals surface area (Å²) >= 11 is 0. The molecular formula is C5H7F5O2. The highest BCUT2D eigenvalue weighted by atomic mass is 19.3. The molecule has 0 radical (unpaired) electrons. The third-order valence-corrected chi connectivity index (χ3v) is 1.02. The molecule has 0 fully saturated rings. The molecule has 0 aromatic heterocycles. The van der Waals surface area contributed by atoms with Crippen molar-refractivity contribution in [1.29, 1.82) is 0 Å². The summed E-state index contributed by atoms with van der Waals surface area (Å²) in [6.45, 7) is 0.432. The van der Waals surface area contributed by atoms with Gasteiger partial charge in [0.05, 0.1) is 6.61 Å². The summed E-state index contributed by atoms with van der Waals surface area (Å²) in [5.74, 6) is -5.22. The van der Waals surface area contributed by atoms with Gasteiger partial charge in [0, 0.05) is 0 Å². The fraction of sp³-hybridized carbons (Fsp3) is 1.00. The minimum absolute atomic E-state index is 0.644. The molecule has 0 saturated carbocycles. The Morgan fingerprint density at radius 1 is 1.33 bits per heavy atom. The summed E-state index contributed by atoms with van der Waals surface area (Å²) in [5, 5.41) is 8.09. The van der Waals surface area contributed by atoms with Crippen LogP contribution < -0.4 is 0 Å². The van der Waals surface area contributed by atoms with Crippen molar-refractivity contribution in [2.45, 2.75) is 25.3 Å². The number of hydrogen-bond donors (Lipinski definition) is 1. The molecule has 0 spiro atoms. The number of alkyl halides is 5. The van der Waals surface area contributed by atoms with Crippen molar-refractivity contribution in [3.63, 3.8) is 0 Å². The lowest BCUT2D eigenvalue weighted by molar-refractivity contribution is -0.406. The van der Waals surface area contributed by atoms with Gasteiger partial charge in [-0.1, -0.05) is 0 Å². The highest BCUT2D eigenvalue weighted by molar-refractivity contribution is 4.78. The number of hydrogen-bond acceptors (Lipinski definition) is 2. The minimum atomic E-state index is -5.22. The predicted octanol–water partition coefficient (Wildman–Crippen LogP) is 1.54. The molecule has 0 saturated heterocycles. The Morgan fingerprint density at radius 3 is 2.00 bits per heavy atom. The SMILES string of the molecule is CCOC(O)(F)C(F)(F)C(F)F. The van der Waals surface area contributed by atoms with Crippen LogP contribution in [0.2, 0.25) is 0 Å². The van der Waals surface area contributed by atoms with Crippen molar-refractivity contribution in [2.24, 2.45) is 0 Å². The lowest BCUT2D eigenvalue weighted by atomic mass is 10.3. The van der Waals surface area contributed by atoms with Gasteiger partial charge in [0.1, 0.15) is 0 Å². The minimum Gasteiger partial charge on any atom is -0.335 e. The molecule has 1 N–H and O–H groups in total. The van der Waals surface area contributed by atoms with Crippen LogP contribution in [0.4, 0.5) is 22.0 Å². The predicted molar refractivity (Wildman–Crippen MR) is 28.6 cm³/mol. The van der Waals surface area contributed by atoms with E-state index in [2.05, 4.69) is 4.74 Å². The third-order valence-electron chi connectivity index (χ3n) is 1.02. The first-order valence-electron chi connectivity index (χ1n) is 2.97. The summed E-state index contributed by atoms with van der Waals surface area (Å²) in [6.07, 6.45) is -4.32. The van der Waals surface area contributed by atoms with Gasteiger partial charge in [0.2, 0.25) is 0 Å². The largest absolute Gasteiger partial charge is 0.391 e. The maximum Gasteiger partial charge on any atom is 0.391 e. The van der Waals surface area contributed by atoms with Crippen molar-refractivity contribution in [2.75, 3.05) is 6.61 Å². The summed E-state index contributed by atoms with van der Waals surface area (Å²) in [4.78, 5) is 0. The molecule has 0 aliphatic heterocycles. The van der Waals surface area contributed by atoms with Gasteiger partial charge in [-0.05, 0) is 6.92 Å². The zero-order valence-corrected chi connectivity index (χ0v) is 6.03. The van der Waals surface area contributed by atoms with Crippen LogP contribution in [0.15, 0.2) is 0 Å². The second-order valence-electron chi connectivity index (χ2n) is 1.92. The fourth-order valence-electron chi connectivity index (χ4n) is 0.422. The van der Waals surface area contributed by atoms with Gasteiger partial charge in [0.15, 0.2) is 0 Å². The Hall–Kier alpha value is -0.430. The average molecular weight is 194 g/mol. The van der Waals surface area contributed by atoms with Crippen molar-refractivity contribution >= 4 is 0 Å². The molecule has 0 heterocycles. The molecule has 1 atom stereocenters. The lowest BCUT2D eigenvalue weighted by Gasteiger charge is -2.26. The molecule has 1 unspecified atom stereocenters. The van der Waals surface area contributed by atoms with Gasteiger partial charge in [-0.2, -0.15) is 13.2 Å². The number of rotatable bonds is 4. The van der Waals surface area contributed by atoms with Crippen molar-refractivity contribution in [3.05, 3.63) is 0 Å². The summed E-state index contributed by atoms with van der Waals surface area (Å²) in [5.41, 5.74) is 0. The average Bonchev–Trinajstić information content (AvgIpc) is 1.86. The normalized spacial score (nSPS) is 18.0. The van der Waals surface area contributed by atoms with Crippen LogP contribution in [-0.2, 0) is 4.74 Å². The Balaban J connectivity index is 4.50. The zero-order chi connectivity index (χ0) is 9.99. The van der Waals surface area contributed by atoms with E-state index in [0.29, 0.717) is 0 Å². The molecule has 0 aliphatic carbocycles. The Morgan fingerprint density at radius 2 is 1.75 bits per heavy atom. The maximum atomic E-state index is 12.2. The molecule has 0 rings (SSSR count). The van der Waals surface area contributed by atoms with E-state index in [1.54, 1.807) is 0 Å². The first-order valence-corrected chi connectivity index (χ1v) is 2.97. The van der Waals surface area contributed by atoms with Gasteiger partial charge in [-0.15, -0.1) is 0 Å². The Bertz CT molecular complexity index is 147. The number of halogens is 5. The number of ether oxygens (including phenoxy) is 1. The van der Waals surface area contributed by atoms with E-state index in [-0.39, 0.29) is 0 Å². The second kappa shape index (κ2) is 3.53. The van der Waals surface area contributed by atoms with E-state index < -0.39 is 25.0 Å². The summed E-state index contributed by atoms with van der Waals surface area (Å²) in [6, 6.07) is -4.62. The molecule has 0 aromatic carbocycles. The summed E-state index contributed by atoms with van der Waals surface area (Å²) < 4.78 is 62.5. The lowest BCUT2D eigenvalue weighted by Crippen LogP contribution is -2.51. The highest BCUT2D eigenvalue weighted by Gasteiger charge is 2.62. The van der Waals surface area contributed by atoms with E-state index in [1.807, 2.05) is 0 Å². The van der Waals surface area contributed by atoms with Crippen molar-refractivity contribution in [1.82, 2.24) is 0 Å². The van der Waals surface area contributed by atoms with Gasteiger partial charge in [-0.25, -0.2) is 8.78 Å². The van der Waals surface area contributed by atoms with E-state index in [1.165, 1.54) is 0 Å². The fourth-order valence-corrected chi connectivity index (χ4v) is 0.422. The van der Waals surface area contributed by atoms with Crippen molar-refractivity contribution < 1.29 is 31.8 Å². The van der Waals surface area contributed by atoms with Crippen LogP contribution in [0.3, 0.4) is 0 Å². The van der Waals surface area contributed by atoms with E-state index in [4.69, 9.17) is 5.11 Å². The Labute approximate surface area is 64.9 Å². The Kier molecular flexibility index (Phi) is 3.40. The van der Waals surface area contributed by atoms with Crippen molar-refractivity contribution in [3.8, 4) is 0 Å². The topological polar surface area (TPSA) is 29.5 Å². The van der Waals surface area contributed by atoms with Gasteiger partial charge >= 0.3 is 18.4 Å². The molecular weight excluding hydrogens is 187 g/mol. The van der Waals surface area contributed by atoms with Gasteiger partial charge in [0.25, 0.3) is 0 Å². The first kappa shape index (κ1) is 11.6. The maximum absolute atomic E-state index is 12.2. The molecule has 0 bridgehead atoms. The van der Waals surface area contributed by atoms with E-state index in [9.17, 15) is 22.0 Å². The van der Waals surface area contributed by atoms with Crippen LogP contribution in [0.1, 0.15) is 6.92 Å². The molecule has 12 heavy (non-hydrogen) atoms. The highest BCUT2D eigenvalue weighted by Crippen LogP contribution is 2.36. The number of aliphatic hydroxyl groups is 1. The van der Waals surface area contributed by atoms with Gasteiger partial charge in [-0.3, -0.25) is 0 Å². The van der Waals surface area contributed by atoms with Crippen LogP contribution in [-0.4, -0.2) is 30.1 Å². The van der Waals surface area contributed by atoms with E-state index in [0.717, 1.165) is 6.92 Å². The second-order valence-corrected chi connectivity index (χ2v) is 1.92. The molecule has 74 valence electrons. The van der Waals surface area contributed by atoms with Gasteiger partial charge < -0.3 is 9.84 Å². The summed E-state index contributed by atoms with van der Waals surface area (Å²) in [7, 11) is 0. The standard InChI is InChI=1S/C5H7F5O2/c1-2-12-5(10,11)4(8,9)3(6)7/h3,11H,2H2,1H3. The molecule has 7 heteroatoms. The van der Waals surface area contributed by atoms with Crippen LogP contribution in [0.5, 0.6) is 0 Å². The molecule has 2 nitrogen and oxygen atoms in total. The van der Waals surface area contributed by atoms with Crippen LogP contribution >= 0.6 is 0 Å². The van der Waals surface area contributed by atoms with Crippen LogP contribution in [0.25, 0.3) is 0 Å². The molecule has 0 aliphatic rings.